The molecule has 5 atom stereocenters. The Hall–Kier alpha value is -0.930. The molecule has 3 heteroatoms. The van der Waals surface area contributed by atoms with Crippen LogP contribution in [-0.2, 0) is 0 Å². The van der Waals surface area contributed by atoms with Crippen LogP contribution in [0.3, 0.4) is 0 Å². The number of hydrogen-bond donors (Lipinski definition) is 2. The number of aliphatic hydroxyl groups excluding tert-OH is 1. The molecule has 30 heavy (non-hydrogen) atoms. The number of allylic oxidation sites excluding steroid dienone is 4. The van der Waals surface area contributed by atoms with E-state index in [0.717, 1.165) is 42.7 Å². The van der Waals surface area contributed by atoms with Crippen molar-refractivity contribution in [1.29, 1.82) is 0 Å². The van der Waals surface area contributed by atoms with Gasteiger partial charge in [-0.25, -0.2) is 4.39 Å². The molecule has 0 heterocycles. The Bertz CT molecular complexity index is 683. The van der Waals surface area contributed by atoms with Gasteiger partial charge in [0.25, 0.3) is 0 Å². The summed E-state index contributed by atoms with van der Waals surface area (Å²) < 4.78 is 13.3. The third kappa shape index (κ3) is 5.46. The summed E-state index contributed by atoms with van der Waals surface area (Å²) in [7, 11) is 0. The SMILES string of the molecule is C[C@H](CCCC(C)(C)O)C1CCC2/C(=C/C=C3/C[C@@H](O)CC/C3=C\F)CCCC21C. The second-order valence-corrected chi connectivity index (χ2v) is 11.2. The zero-order chi connectivity index (χ0) is 21.9. The highest BCUT2D eigenvalue weighted by Gasteiger charge is 2.50. The van der Waals surface area contributed by atoms with Gasteiger partial charge in [0.15, 0.2) is 0 Å². The first-order valence-corrected chi connectivity index (χ1v) is 12.2. The van der Waals surface area contributed by atoms with Gasteiger partial charge in [-0.05, 0) is 106 Å². The minimum absolute atomic E-state index is 0.337. The van der Waals surface area contributed by atoms with Gasteiger partial charge in [-0.15, -0.1) is 0 Å². The van der Waals surface area contributed by atoms with Crippen LogP contribution in [0.1, 0.15) is 98.3 Å². The van der Waals surface area contributed by atoms with E-state index in [1.807, 2.05) is 13.8 Å². The molecule has 0 saturated heterocycles. The molecule has 0 bridgehead atoms. The first-order chi connectivity index (χ1) is 14.1. The Morgan fingerprint density at radius 2 is 1.93 bits per heavy atom. The lowest BCUT2D eigenvalue weighted by Crippen LogP contribution is -2.36. The summed E-state index contributed by atoms with van der Waals surface area (Å²) in [5.41, 5.74) is 3.09. The maximum Gasteiger partial charge on any atom is 0.0901 e. The molecule has 170 valence electrons. The van der Waals surface area contributed by atoms with Gasteiger partial charge in [0, 0.05) is 0 Å². The van der Waals surface area contributed by atoms with Crippen molar-refractivity contribution in [3.63, 3.8) is 0 Å². The third-order valence-electron chi connectivity index (χ3n) is 8.42. The highest BCUT2D eigenvalue weighted by molar-refractivity contribution is 5.37. The van der Waals surface area contributed by atoms with Crippen molar-refractivity contribution < 1.29 is 14.6 Å². The van der Waals surface area contributed by atoms with Gasteiger partial charge in [-0.2, -0.15) is 0 Å². The lowest BCUT2D eigenvalue weighted by molar-refractivity contribution is 0.0596. The van der Waals surface area contributed by atoms with Crippen LogP contribution in [0, 0.1) is 23.2 Å². The fourth-order valence-corrected chi connectivity index (χ4v) is 6.75. The van der Waals surface area contributed by atoms with Crippen molar-refractivity contribution in [2.75, 3.05) is 0 Å². The summed E-state index contributed by atoms with van der Waals surface area (Å²) in [6.07, 6.45) is 16.1. The predicted molar refractivity (Wildman–Crippen MR) is 123 cm³/mol. The van der Waals surface area contributed by atoms with Crippen LogP contribution in [0.15, 0.2) is 35.2 Å². The van der Waals surface area contributed by atoms with E-state index in [-0.39, 0.29) is 6.10 Å². The van der Waals surface area contributed by atoms with Crippen molar-refractivity contribution in [2.45, 2.75) is 110 Å². The first-order valence-electron chi connectivity index (χ1n) is 12.2. The number of halogens is 1. The smallest absolute Gasteiger partial charge is 0.0901 e. The Morgan fingerprint density at radius 3 is 2.63 bits per heavy atom. The largest absolute Gasteiger partial charge is 0.393 e. The molecule has 3 fully saturated rings. The lowest BCUT2D eigenvalue weighted by atomic mass is 9.60. The molecule has 0 aromatic rings. The topological polar surface area (TPSA) is 40.5 Å². The molecule has 2 nitrogen and oxygen atoms in total. The molecule has 0 spiro atoms. The van der Waals surface area contributed by atoms with Gasteiger partial charge >= 0.3 is 0 Å². The fourth-order valence-electron chi connectivity index (χ4n) is 6.75. The highest BCUT2D eigenvalue weighted by atomic mass is 19.1. The molecule has 3 unspecified atom stereocenters. The van der Waals surface area contributed by atoms with E-state index in [0.29, 0.717) is 36.5 Å². The Balaban J connectivity index is 1.71. The van der Waals surface area contributed by atoms with E-state index in [4.69, 9.17) is 0 Å². The van der Waals surface area contributed by atoms with Crippen LogP contribution in [0.25, 0.3) is 0 Å². The summed E-state index contributed by atoms with van der Waals surface area (Å²) in [5.74, 6) is 2.07. The molecule has 0 aromatic heterocycles. The molecular formula is C27H43FO2. The van der Waals surface area contributed by atoms with Crippen molar-refractivity contribution in [1.82, 2.24) is 0 Å². The van der Waals surface area contributed by atoms with Gasteiger partial charge in [0.2, 0.25) is 0 Å². The maximum absolute atomic E-state index is 13.3. The first kappa shape index (κ1) is 23.7. The number of rotatable bonds is 6. The predicted octanol–water partition coefficient (Wildman–Crippen LogP) is 7.03. The molecular weight excluding hydrogens is 375 g/mol. The van der Waals surface area contributed by atoms with Crippen LogP contribution in [0.5, 0.6) is 0 Å². The monoisotopic (exact) mass is 418 g/mol. The van der Waals surface area contributed by atoms with Crippen LogP contribution in [0.2, 0.25) is 0 Å². The number of hydrogen-bond acceptors (Lipinski definition) is 2. The van der Waals surface area contributed by atoms with Crippen molar-refractivity contribution in [3.8, 4) is 0 Å². The van der Waals surface area contributed by atoms with Gasteiger partial charge in [0.05, 0.1) is 18.0 Å². The molecule has 3 rings (SSSR count). The van der Waals surface area contributed by atoms with E-state index >= 15 is 0 Å². The molecule has 3 saturated carbocycles. The minimum Gasteiger partial charge on any atom is -0.393 e. The summed E-state index contributed by atoms with van der Waals surface area (Å²) in [5, 5.41) is 20.0. The minimum atomic E-state index is -0.560. The van der Waals surface area contributed by atoms with Gasteiger partial charge in [-0.1, -0.05) is 44.4 Å². The second kappa shape index (κ2) is 9.69. The van der Waals surface area contributed by atoms with E-state index < -0.39 is 5.60 Å². The quantitative estimate of drug-likeness (QED) is 0.486. The van der Waals surface area contributed by atoms with Gasteiger partial charge in [-0.3, -0.25) is 0 Å². The van der Waals surface area contributed by atoms with Crippen LogP contribution in [-0.4, -0.2) is 21.9 Å². The molecule has 0 aliphatic heterocycles. The third-order valence-corrected chi connectivity index (χ3v) is 8.42. The fraction of sp³-hybridized carbons (Fsp3) is 0.778. The maximum atomic E-state index is 13.3. The summed E-state index contributed by atoms with van der Waals surface area (Å²) in [4.78, 5) is 0. The van der Waals surface area contributed by atoms with Crippen LogP contribution in [0.4, 0.5) is 4.39 Å². The number of aliphatic hydroxyl groups is 2. The van der Waals surface area contributed by atoms with Gasteiger partial charge < -0.3 is 10.2 Å². The second-order valence-electron chi connectivity index (χ2n) is 11.2. The van der Waals surface area contributed by atoms with Crippen LogP contribution < -0.4 is 0 Å². The van der Waals surface area contributed by atoms with E-state index in [1.54, 1.807) is 5.57 Å². The molecule has 3 aliphatic carbocycles. The van der Waals surface area contributed by atoms with Gasteiger partial charge in [0.1, 0.15) is 0 Å². The molecule has 0 aromatic carbocycles. The highest BCUT2D eigenvalue weighted by Crippen LogP contribution is 2.60. The van der Waals surface area contributed by atoms with E-state index in [9.17, 15) is 14.6 Å². The standard InChI is InChI=1S/C27H43FO2/c1-19(7-5-15-26(2,3)30)24-13-14-25-20(8-6-16-27(24,25)4)9-10-21-17-23(29)12-11-22(21)18-28/h9-10,18-19,23-25,29-30H,5-8,11-17H2,1-4H3/b20-9+,21-10-,22-18+/t19-,23+,24?,25?,27?/m1/s1. The van der Waals surface area contributed by atoms with Crippen molar-refractivity contribution >= 4 is 0 Å². The molecule has 0 radical (unpaired) electrons. The molecule has 3 aliphatic rings. The lowest BCUT2D eigenvalue weighted by Gasteiger charge is -2.44. The molecule has 2 N–H and O–H groups in total. The van der Waals surface area contributed by atoms with E-state index in [2.05, 4.69) is 26.0 Å². The Kier molecular flexibility index (Phi) is 7.66. The Morgan fingerprint density at radius 1 is 1.17 bits per heavy atom. The van der Waals surface area contributed by atoms with Crippen molar-refractivity contribution in [2.24, 2.45) is 23.2 Å². The normalized spacial score (nSPS) is 37.7. The zero-order valence-corrected chi connectivity index (χ0v) is 19.6. The summed E-state index contributed by atoms with van der Waals surface area (Å²) in [6, 6.07) is 0. The Labute approximate surface area is 183 Å². The van der Waals surface area contributed by atoms with Crippen LogP contribution >= 0.6 is 0 Å². The average Bonchev–Trinajstić information content (AvgIpc) is 3.03. The molecule has 0 amide bonds. The summed E-state index contributed by atoms with van der Waals surface area (Å²) in [6.45, 7) is 8.75. The summed E-state index contributed by atoms with van der Waals surface area (Å²) >= 11 is 0. The van der Waals surface area contributed by atoms with E-state index in [1.165, 1.54) is 32.1 Å². The van der Waals surface area contributed by atoms with Crippen molar-refractivity contribution in [3.05, 3.63) is 35.2 Å². The average molecular weight is 419 g/mol. The zero-order valence-electron chi connectivity index (χ0n) is 19.6. The number of fused-ring (bicyclic) bond motifs is 1.